The van der Waals surface area contributed by atoms with Crippen molar-refractivity contribution >= 4 is 30.1 Å². The first-order valence-corrected chi connectivity index (χ1v) is 8.25. The number of hydrogen-bond acceptors (Lipinski definition) is 2. The van der Waals surface area contributed by atoms with Crippen molar-refractivity contribution in [2.24, 2.45) is 0 Å². The number of rotatable bonds is 3. The highest BCUT2D eigenvalue weighted by Crippen LogP contribution is 2.43. The molecule has 96 valence electrons. The van der Waals surface area contributed by atoms with Gasteiger partial charge in [0, 0.05) is 26.1 Å². The van der Waals surface area contributed by atoms with Crippen LogP contribution >= 0.6 is 30.1 Å². The predicted octanol–water partition coefficient (Wildman–Crippen LogP) is 5.28. The predicted molar refractivity (Wildman–Crippen MR) is 72.0 cm³/mol. The third-order valence-electron chi connectivity index (χ3n) is 2.34. The van der Waals surface area contributed by atoms with Gasteiger partial charge in [-0.1, -0.05) is 22.8 Å². The Morgan fingerprint density at radius 2 is 1.88 bits per heavy atom. The third kappa shape index (κ3) is 3.43. The Labute approximate surface area is 115 Å². The Hall–Kier alpha value is -0.110. The largest absolute Gasteiger partial charge is 0.496 e. The van der Waals surface area contributed by atoms with Crippen molar-refractivity contribution in [2.45, 2.75) is 30.8 Å². The summed E-state index contributed by atoms with van der Waals surface area (Å²) in [7, 11) is 2.54. The van der Waals surface area contributed by atoms with Crippen molar-refractivity contribution in [3.05, 3.63) is 23.3 Å². The fourth-order valence-electron chi connectivity index (χ4n) is 1.48. The van der Waals surface area contributed by atoms with Crippen LogP contribution in [0, 0.1) is 0 Å². The number of hydrogen-bond donors (Lipinski definition) is 0. The molecule has 0 saturated carbocycles. The van der Waals surface area contributed by atoms with Crippen molar-refractivity contribution in [3.63, 3.8) is 0 Å². The Morgan fingerprint density at radius 3 is 2.24 bits per heavy atom. The fourth-order valence-corrected chi connectivity index (χ4v) is 3.17. The summed E-state index contributed by atoms with van der Waals surface area (Å²) in [5.41, 5.74) is 0.151. The van der Waals surface area contributed by atoms with Crippen LogP contribution < -0.4 is 4.74 Å². The highest BCUT2D eigenvalue weighted by Gasteiger charge is 2.35. The van der Waals surface area contributed by atoms with Crippen LogP contribution in [0.15, 0.2) is 17.0 Å². The van der Waals surface area contributed by atoms with E-state index in [1.165, 1.54) is 22.1 Å². The summed E-state index contributed by atoms with van der Waals surface area (Å²) in [6, 6.07) is 2.64. The normalized spacial score (nSPS) is 12.0. The minimum Gasteiger partial charge on any atom is -0.496 e. The second kappa shape index (κ2) is 5.69. The van der Waals surface area contributed by atoms with Gasteiger partial charge in [0.05, 0.1) is 12.7 Å². The summed E-state index contributed by atoms with van der Waals surface area (Å²) < 4.78 is 43.2. The molecule has 17 heavy (non-hydrogen) atoms. The SMILES string of the molecule is COc1cc(C(C)C)c(SI)cc1C(F)(F)F. The van der Waals surface area contributed by atoms with Gasteiger partial charge in [-0.3, -0.25) is 0 Å². The van der Waals surface area contributed by atoms with Crippen molar-refractivity contribution in [1.29, 1.82) is 0 Å². The van der Waals surface area contributed by atoms with E-state index in [1.807, 2.05) is 35.1 Å². The Balaban J connectivity index is 3.44. The standard InChI is InChI=1S/C11H12F3IOS/c1-6(2)7-4-9(16-3)8(11(12,13)14)5-10(7)17-15/h4-6H,1-3H3. The van der Waals surface area contributed by atoms with Gasteiger partial charge in [-0.05, 0) is 23.6 Å². The Kier molecular flexibility index (Phi) is 5.00. The van der Waals surface area contributed by atoms with Crippen molar-refractivity contribution in [1.82, 2.24) is 0 Å². The molecule has 0 spiro atoms. The molecule has 0 saturated heterocycles. The molecule has 1 aromatic rings. The first kappa shape index (κ1) is 14.9. The van der Waals surface area contributed by atoms with Gasteiger partial charge >= 0.3 is 6.18 Å². The van der Waals surface area contributed by atoms with Gasteiger partial charge in [0.15, 0.2) is 0 Å². The molecule has 0 bridgehead atoms. The van der Waals surface area contributed by atoms with Gasteiger partial charge < -0.3 is 4.74 Å². The number of ether oxygens (including phenoxy) is 1. The van der Waals surface area contributed by atoms with E-state index in [0.29, 0.717) is 4.90 Å². The second-order valence-corrected chi connectivity index (χ2v) is 5.74. The molecular weight excluding hydrogens is 364 g/mol. The zero-order valence-electron chi connectivity index (χ0n) is 9.56. The van der Waals surface area contributed by atoms with Crippen LogP contribution in [0.2, 0.25) is 0 Å². The summed E-state index contributed by atoms with van der Waals surface area (Å²) in [6.45, 7) is 3.89. The summed E-state index contributed by atoms with van der Waals surface area (Å²) in [6.07, 6.45) is -4.39. The molecule has 0 N–H and O–H groups in total. The minimum absolute atomic E-state index is 0.115. The average molecular weight is 376 g/mol. The monoisotopic (exact) mass is 376 g/mol. The molecule has 0 aliphatic heterocycles. The maximum Gasteiger partial charge on any atom is 0.420 e. The second-order valence-electron chi connectivity index (χ2n) is 3.82. The summed E-state index contributed by atoms with van der Waals surface area (Å²) in [5.74, 6) is 0.0406. The molecule has 0 radical (unpaired) electrons. The Morgan fingerprint density at radius 1 is 1.29 bits per heavy atom. The van der Waals surface area contributed by atoms with E-state index in [-0.39, 0.29) is 11.7 Å². The van der Waals surface area contributed by atoms with Crippen LogP contribution in [0.25, 0.3) is 0 Å². The van der Waals surface area contributed by atoms with Crippen molar-refractivity contribution in [3.8, 4) is 5.75 Å². The lowest BCUT2D eigenvalue weighted by molar-refractivity contribution is -0.138. The first-order valence-electron chi connectivity index (χ1n) is 4.89. The molecule has 1 rings (SSSR count). The van der Waals surface area contributed by atoms with Gasteiger partial charge in [0.2, 0.25) is 0 Å². The quantitative estimate of drug-likeness (QED) is 0.664. The molecule has 0 aliphatic carbocycles. The lowest BCUT2D eigenvalue weighted by atomic mass is 10.0. The topological polar surface area (TPSA) is 9.23 Å². The van der Waals surface area contributed by atoms with Gasteiger partial charge in [0.25, 0.3) is 0 Å². The van der Waals surface area contributed by atoms with Crippen LogP contribution in [-0.2, 0) is 6.18 Å². The zero-order valence-corrected chi connectivity index (χ0v) is 12.5. The van der Waals surface area contributed by atoms with Crippen molar-refractivity contribution < 1.29 is 17.9 Å². The molecule has 0 amide bonds. The van der Waals surface area contributed by atoms with E-state index < -0.39 is 11.7 Å². The summed E-state index contributed by atoms with van der Waals surface area (Å²) >= 11 is 1.99. The molecule has 0 heterocycles. The molecule has 1 aromatic carbocycles. The summed E-state index contributed by atoms with van der Waals surface area (Å²) in [4.78, 5) is 0.633. The highest BCUT2D eigenvalue weighted by atomic mass is 127. The first-order chi connectivity index (χ1) is 7.81. The number of methoxy groups -OCH3 is 1. The highest BCUT2D eigenvalue weighted by molar-refractivity contribution is 14.2. The van der Waals surface area contributed by atoms with Gasteiger partial charge in [-0.15, -0.1) is 0 Å². The molecule has 1 nitrogen and oxygen atoms in total. The van der Waals surface area contributed by atoms with Gasteiger partial charge in [-0.2, -0.15) is 13.2 Å². The van der Waals surface area contributed by atoms with Gasteiger partial charge in [-0.25, -0.2) is 0 Å². The molecular formula is C11H12F3IOS. The zero-order chi connectivity index (χ0) is 13.2. The average Bonchev–Trinajstić information content (AvgIpc) is 2.25. The number of benzene rings is 1. The maximum atomic E-state index is 12.8. The fraction of sp³-hybridized carbons (Fsp3) is 0.455. The summed E-state index contributed by atoms with van der Waals surface area (Å²) in [5, 5.41) is 0. The molecule has 0 aliphatic rings. The third-order valence-corrected chi connectivity index (χ3v) is 4.29. The van der Waals surface area contributed by atoms with E-state index in [9.17, 15) is 13.2 Å². The molecule has 0 unspecified atom stereocenters. The molecule has 0 fully saturated rings. The van der Waals surface area contributed by atoms with Crippen LogP contribution in [0.4, 0.5) is 13.2 Å². The van der Waals surface area contributed by atoms with E-state index in [0.717, 1.165) is 11.6 Å². The van der Waals surface area contributed by atoms with Gasteiger partial charge in [0.1, 0.15) is 5.75 Å². The molecule has 6 heteroatoms. The van der Waals surface area contributed by atoms with Crippen LogP contribution in [0.5, 0.6) is 5.75 Å². The molecule has 0 aromatic heterocycles. The van der Waals surface area contributed by atoms with E-state index in [4.69, 9.17) is 4.74 Å². The van der Waals surface area contributed by atoms with Crippen LogP contribution in [0.3, 0.4) is 0 Å². The van der Waals surface area contributed by atoms with E-state index in [1.54, 1.807) is 0 Å². The Bertz CT molecular complexity index is 404. The maximum absolute atomic E-state index is 12.8. The lowest BCUT2D eigenvalue weighted by Crippen LogP contribution is -2.09. The smallest absolute Gasteiger partial charge is 0.420 e. The number of halogens is 4. The lowest BCUT2D eigenvalue weighted by Gasteiger charge is -2.17. The van der Waals surface area contributed by atoms with E-state index in [2.05, 4.69) is 0 Å². The van der Waals surface area contributed by atoms with Crippen LogP contribution in [0.1, 0.15) is 30.9 Å². The van der Waals surface area contributed by atoms with Crippen molar-refractivity contribution in [2.75, 3.05) is 7.11 Å². The van der Waals surface area contributed by atoms with Crippen LogP contribution in [-0.4, -0.2) is 7.11 Å². The minimum atomic E-state index is -4.39. The number of alkyl halides is 3. The van der Waals surface area contributed by atoms with E-state index >= 15 is 0 Å². The molecule has 0 atom stereocenters.